The van der Waals surface area contributed by atoms with Gasteiger partial charge in [-0.15, -0.1) is 0 Å². The number of amides is 1. The van der Waals surface area contributed by atoms with Crippen molar-refractivity contribution in [2.24, 2.45) is 0 Å². The van der Waals surface area contributed by atoms with Gasteiger partial charge in [0.2, 0.25) is 5.95 Å². The fourth-order valence-corrected chi connectivity index (χ4v) is 1.55. The van der Waals surface area contributed by atoms with Gasteiger partial charge < -0.3 is 5.32 Å². The monoisotopic (exact) mass is 284 g/mol. The maximum absolute atomic E-state index is 13.4. The Hall–Kier alpha value is -2.44. The molecule has 1 heterocycles. The van der Waals surface area contributed by atoms with Crippen molar-refractivity contribution in [3.8, 4) is 0 Å². The molecular formula is C13H8F4N2O. The lowest BCUT2D eigenvalue weighted by Crippen LogP contribution is -2.16. The molecular weight excluding hydrogens is 276 g/mol. The molecule has 104 valence electrons. The van der Waals surface area contributed by atoms with Crippen molar-refractivity contribution in [2.75, 3.05) is 5.32 Å². The van der Waals surface area contributed by atoms with E-state index in [0.717, 1.165) is 6.07 Å². The van der Waals surface area contributed by atoms with Crippen LogP contribution in [0.2, 0.25) is 0 Å². The number of halogens is 4. The maximum atomic E-state index is 13.4. The van der Waals surface area contributed by atoms with E-state index in [2.05, 4.69) is 10.3 Å². The van der Waals surface area contributed by atoms with Crippen LogP contribution in [0.15, 0.2) is 24.3 Å². The Balaban J connectivity index is 2.30. The Bertz CT molecular complexity index is 688. The number of hydrogen-bond acceptors (Lipinski definition) is 2. The van der Waals surface area contributed by atoms with E-state index >= 15 is 0 Å². The first kappa shape index (κ1) is 14.0. The van der Waals surface area contributed by atoms with Crippen LogP contribution >= 0.6 is 0 Å². The van der Waals surface area contributed by atoms with Gasteiger partial charge in [-0.3, -0.25) is 4.79 Å². The Morgan fingerprint density at radius 1 is 1.15 bits per heavy atom. The minimum Gasteiger partial charge on any atom is -0.322 e. The third kappa shape index (κ3) is 2.76. The first-order chi connectivity index (χ1) is 9.38. The van der Waals surface area contributed by atoms with Gasteiger partial charge in [-0.1, -0.05) is 0 Å². The summed E-state index contributed by atoms with van der Waals surface area (Å²) in [4.78, 5) is 14.3. The molecule has 7 heteroatoms. The zero-order chi connectivity index (χ0) is 14.9. The van der Waals surface area contributed by atoms with Crippen LogP contribution in [0.25, 0.3) is 0 Å². The molecule has 0 saturated heterocycles. The predicted octanol–water partition coefficient (Wildman–Crippen LogP) is 3.20. The van der Waals surface area contributed by atoms with Gasteiger partial charge in [0.25, 0.3) is 11.9 Å². The first-order valence-corrected chi connectivity index (χ1v) is 5.47. The van der Waals surface area contributed by atoms with Crippen LogP contribution in [-0.4, -0.2) is 10.9 Å². The molecule has 1 N–H and O–H groups in total. The highest BCUT2D eigenvalue weighted by Crippen LogP contribution is 2.17. The quantitative estimate of drug-likeness (QED) is 0.679. The van der Waals surface area contributed by atoms with Gasteiger partial charge in [0.1, 0.15) is 5.82 Å². The Morgan fingerprint density at radius 3 is 2.50 bits per heavy atom. The van der Waals surface area contributed by atoms with Crippen molar-refractivity contribution >= 4 is 11.6 Å². The van der Waals surface area contributed by atoms with Crippen LogP contribution in [0.5, 0.6) is 0 Å². The number of aromatic nitrogens is 1. The summed E-state index contributed by atoms with van der Waals surface area (Å²) in [5.41, 5.74) is -0.390. The van der Waals surface area contributed by atoms with Crippen molar-refractivity contribution in [3.05, 3.63) is 58.9 Å². The van der Waals surface area contributed by atoms with Crippen LogP contribution in [0, 0.1) is 30.5 Å². The molecule has 3 nitrogen and oxygen atoms in total. The fraction of sp³-hybridized carbons (Fsp3) is 0.0769. The van der Waals surface area contributed by atoms with Crippen LogP contribution in [0.4, 0.5) is 23.2 Å². The molecule has 0 aliphatic rings. The smallest absolute Gasteiger partial charge is 0.258 e. The highest BCUT2D eigenvalue weighted by atomic mass is 19.2. The van der Waals surface area contributed by atoms with Crippen LogP contribution in [-0.2, 0) is 0 Å². The molecule has 0 bridgehead atoms. The third-order valence-corrected chi connectivity index (χ3v) is 2.55. The van der Waals surface area contributed by atoms with Crippen molar-refractivity contribution < 1.29 is 22.4 Å². The average Bonchev–Trinajstić information content (AvgIpc) is 2.38. The lowest BCUT2D eigenvalue weighted by Gasteiger charge is -2.07. The van der Waals surface area contributed by atoms with E-state index in [4.69, 9.17) is 0 Å². The number of pyridine rings is 1. The third-order valence-electron chi connectivity index (χ3n) is 2.55. The molecule has 0 atom stereocenters. The second-order valence-electron chi connectivity index (χ2n) is 4.02. The molecule has 0 radical (unpaired) electrons. The fourth-order valence-electron chi connectivity index (χ4n) is 1.55. The largest absolute Gasteiger partial charge is 0.322 e. The lowest BCUT2D eigenvalue weighted by atomic mass is 10.2. The summed E-state index contributed by atoms with van der Waals surface area (Å²) in [5.74, 6) is -6.11. The van der Waals surface area contributed by atoms with Gasteiger partial charge in [0, 0.05) is 11.8 Å². The number of rotatable bonds is 2. The average molecular weight is 284 g/mol. The van der Waals surface area contributed by atoms with Crippen LogP contribution in [0.1, 0.15) is 15.9 Å². The van der Waals surface area contributed by atoms with Crippen LogP contribution in [0.3, 0.4) is 0 Å². The molecule has 0 aliphatic carbocycles. The number of carbonyl (C=O) groups excluding carboxylic acids is 1. The van der Waals surface area contributed by atoms with Crippen molar-refractivity contribution in [3.63, 3.8) is 0 Å². The summed E-state index contributed by atoms with van der Waals surface area (Å²) in [6.07, 6.45) is 0. The molecule has 1 aromatic carbocycles. The van der Waals surface area contributed by atoms with Gasteiger partial charge in [-0.05, 0) is 30.7 Å². The van der Waals surface area contributed by atoms with Gasteiger partial charge in [-0.2, -0.15) is 13.8 Å². The second-order valence-corrected chi connectivity index (χ2v) is 4.02. The molecule has 2 aromatic rings. The van der Waals surface area contributed by atoms with E-state index in [0.29, 0.717) is 6.07 Å². The molecule has 0 unspecified atom stereocenters. The van der Waals surface area contributed by atoms with E-state index in [1.807, 2.05) is 0 Å². The van der Waals surface area contributed by atoms with E-state index in [1.165, 1.54) is 19.1 Å². The zero-order valence-corrected chi connectivity index (χ0v) is 10.2. The van der Waals surface area contributed by atoms with Gasteiger partial charge in [0.05, 0.1) is 5.56 Å². The van der Waals surface area contributed by atoms with Crippen molar-refractivity contribution in [1.29, 1.82) is 0 Å². The molecule has 1 aromatic heterocycles. The molecule has 0 aliphatic heterocycles. The summed E-state index contributed by atoms with van der Waals surface area (Å²) in [6.45, 7) is 1.47. The summed E-state index contributed by atoms with van der Waals surface area (Å²) in [5, 5.41) is 2.21. The van der Waals surface area contributed by atoms with E-state index in [9.17, 15) is 22.4 Å². The van der Waals surface area contributed by atoms with Crippen LogP contribution < -0.4 is 5.32 Å². The predicted molar refractivity (Wildman–Crippen MR) is 63.2 cm³/mol. The number of carbonyl (C=O) groups is 1. The summed E-state index contributed by atoms with van der Waals surface area (Å²) in [7, 11) is 0. The Kier molecular flexibility index (Phi) is 3.69. The zero-order valence-electron chi connectivity index (χ0n) is 10.2. The van der Waals surface area contributed by atoms with Gasteiger partial charge in [0.15, 0.2) is 5.82 Å². The minimum atomic E-state index is -1.70. The Labute approximate surface area is 111 Å². The summed E-state index contributed by atoms with van der Waals surface area (Å²) >= 11 is 0. The molecule has 0 fully saturated rings. The number of aryl methyl sites for hydroxylation is 1. The highest BCUT2D eigenvalue weighted by Gasteiger charge is 2.19. The number of anilines is 1. The standard InChI is InChI=1S/C13H8F4N2O/c1-6-4-7(2-3-9(6)14)18-13(20)8-5-10(15)19-12(17)11(8)16/h2-5H,1H3,(H,18,20). The molecule has 2 rings (SSSR count). The first-order valence-electron chi connectivity index (χ1n) is 5.47. The number of nitrogens with zero attached hydrogens (tertiary/aromatic N) is 1. The molecule has 0 spiro atoms. The molecule has 1 amide bonds. The molecule has 0 saturated carbocycles. The van der Waals surface area contributed by atoms with E-state index in [-0.39, 0.29) is 11.3 Å². The lowest BCUT2D eigenvalue weighted by molar-refractivity contribution is 0.102. The highest BCUT2D eigenvalue weighted by molar-refractivity contribution is 6.04. The van der Waals surface area contributed by atoms with Gasteiger partial charge in [-0.25, -0.2) is 8.78 Å². The van der Waals surface area contributed by atoms with Gasteiger partial charge >= 0.3 is 0 Å². The number of hydrogen-bond donors (Lipinski definition) is 1. The second kappa shape index (κ2) is 5.28. The van der Waals surface area contributed by atoms with Crippen molar-refractivity contribution in [2.45, 2.75) is 6.92 Å². The SMILES string of the molecule is Cc1cc(NC(=O)c2cc(F)nc(F)c2F)ccc1F. The summed E-state index contributed by atoms with van der Waals surface area (Å²) < 4.78 is 52.2. The summed E-state index contributed by atoms with van der Waals surface area (Å²) in [6, 6.07) is 4.13. The minimum absolute atomic E-state index is 0.172. The number of benzene rings is 1. The number of nitrogens with one attached hydrogen (secondary N) is 1. The topological polar surface area (TPSA) is 42.0 Å². The Morgan fingerprint density at radius 2 is 1.85 bits per heavy atom. The van der Waals surface area contributed by atoms with E-state index in [1.54, 1.807) is 0 Å². The molecule has 20 heavy (non-hydrogen) atoms. The van der Waals surface area contributed by atoms with Crippen molar-refractivity contribution in [1.82, 2.24) is 4.98 Å². The van der Waals surface area contributed by atoms with E-state index < -0.39 is 35.0 Å². The maximum Gasteiger partial charge on any atom is 0.258 e. The normalized spacial score (nSPS) is 10.4.